The monoisotopic (exact) mass is 301 g/mol. The number of hydrogen-bond acceptors (Lipinski definition) is 6. The second-order valence-electron chi connectivity index (χ2n) is 4.00. The normalized spacial score (nSPS) is 10.3. The van der Waals surface area contributed by atoms with Crippen LogP contribution in [0.25, 0.3) is 11.4 Å². The summed E-state index contributed by atoms with van der Waals surface area (Å²) in [5.74, 6) is 0.0314. The molecule has 0 fully saturated rings. The van der Waals surface area contributed by atoms with E-state index in [2.05, 4.69) is 35.9 Å². The first-order valence-corrected chi connectivity index (χ1v) is 6.23. The molecule has 1 aromatic carbocycles. The molecule has 0 atom stereocenters. The number of hydrogen-bond donors (Lipinski definition) is 2. The predicted octanol–water partition coefficient (Wildman–Crippen LogP) is 1.56. The van der Waals surface area contributed by atoms with Gasteiger partial charge in [-0.05, 0) is 17.3 Å². The Morgan fingerprint density at radius 2 is 2.19 bits per heavy atom. The minimum absolute atomic E-state index is 0.132. The smallest absolute Gasteiger partial charge is 0.275 e. The number of halogens is 1. The highest BCUT2D eigenvalue weighted by Crippen LogP contribution is 2.18. The van der Waals surface area contributed by atoms with E-state index in [0.717, 1.165) is 5.56 Å². The molecular formula is C12H8ClN7O. The third-order valence-electron chi connectivity index (χ3n) is 2.56. The van der Waals surface area contributed by atoms with Crippen molar-refractivity contribution in [3.05, 3.63) is 47.5 Å². The van der Waals surface area contributed by atoms with Gasteiger partial charge in [0.1, 0.15) is 10.8 Å². The molecule has 9 heteroatoms. The molecule has 1 amide bonds. The fourth-order valence-electron chi connectivity index (χ4n) is 1.67. The Kier molecular flexibility index (Phi) is 3.52. The van der Waals surface area contributed by atoms with Crippen molar-refractivity contribution in [2.24, 2.45) is 0 Å². The Labute approximate surface area is 123 Å². The molecule has 0 unspecified atom stereocenters. The Hall–Kier alpha value is -2.87. The molecular weight excluding hydrogens is 294 g/mol. The first kappa shape index (κ1) is 13.1. The molecule has 3 rings (SSSR count). The van der Waals surface area contributed by atoms with Crippen molar-refractivity contribution >= 4 is 23.2 Å². The van der Waals surface area contributed by atoms with E-state index in [4.69, 9.17) is 11.6 Å². The largest absolute Gasteiger partial charge is 0.321 e. The lowest BCUT2D eigenvalue weighted by Gasteiger charge is -2.05. The van der Waals surface area contributed by atoms with E-state index in [1.165, 1.54) is 12.4 Å². The van der Waals surface area contributed by atoms with E-state index in [-0.39, 0.29) is 10.8 Å². The molecule has 0 aliphatic rings. The van der Waals surface area contributed by atoms with E-state index in [1.807, 2.05) is 0 Å². The summed E-state index contributed by atoms with van der Waals surface area (Å²) in [6, 6.07) is 7.03. The van der Waals surface area contributed by atoms with Crippen molar-refractivity contribution in [2.75, 3.05) is 5.32 Å². The second-order valence-corrected chi connectivity index (χ2v) is 4.38. The molecule has 0 spiro atoms. The Morgan fingerprint density at radius 1 is 1.29 bits per heavy atom. The van der Waals surface area contributed by atoms with Gasteiger partial charge in [-0.25, -0.2) is 4.98 Å². The number of tetrazole rings is 1. The van der Waals surface area contributed by atoms with Crippen LogP contribution in [0, 0.1) is 0 Å². The van der Waals surface area contributed by atoms with E-state index in [9.17, 15) is 4.79 Å². The number of H-pyrrole nitrogens is 1. The summed E-state index contributed by atoms with van der Waals surface area (Å²) in [6.45, 7) is 0. The van der Waals surface area contributed by atoms with Gasteiger partial charge >= 0.3 is 0 Å². The van der Waals surface area contributed by atoms with Crippen LogP contribution < -0.4 is 5.32 Å². The van der Waals surface area contributed by atoms with Crippen molar-refractivity contribution in [1.29, 1.82) is 0 Å². The van der Waals surface area contributed by atoms with Crippen LogP contribution in [0.2, 0.25) is 5.15 Å². The highest BCUT2D eigenvalue weighted by molar-refractivity contribution is 6.29. The summed E-state index contributed by atoms with van der Waals surface area (Å²) in [7, 11) is 0. The minimum Gasteiger partial charge on any atom is -0.321 e. The molecule has 3 aromatic rings. The maximum Gasteiger partial charge on any atom is 0.275 e. The van der Waals surface area contributed by atoms with Gasteiger partial charge in [0.2, 0.25) is 5.82 Å². The van der Waals surface area contributed by atoms with Gasteiger partial charge in [-0.1, -0.05) is 23.7 Å². The molecule has 104 valence electrons. The average Bonchev–Trinajstić information content (AvgIpc) is 3.02. The fourth-order valence-corrected chi connectivity index (χ4v) is 1.81. The topological polar surface area (TPSA) is 109 Å². The first-order valence-electron chi connectivity index (χ1n) is 5.85. The van der Waals surface area contributed by atoms with Crippen LogP contribution in [0.5, 0.6) is 0 Å². The van der Waals surface area contributed by atoms with Crippen LogP contribution in [-0.4, -0.2) is 36.5 Å². The van der Waals surface area contributed by atoms with Crippen molar-refractivity contribution < 1.29 is 4.79 Å². The molecule has 2 heterocycles. The van der Waals surface area contributed by atoms with Crippen LogP contribution in [-0.2, 0) is 0 Å². The predicted molar refractivity (Wildman–Crippen MR) is 74.6 cm³/mol. The standard InChI is InChI=1S/C12H8ClN7O/c13-10-6-14-5-9(16-10)12(21)15-8-3-1-2-7(4-8)11-17-19-20-18-11/h1-6H,(H,15,21)(H,17,18,19,20). The summed E-state index contributed by atoms with van der Waals surface area (Å²) in [4.78, 5) is 19.8. The number of rotatable bonds is 3. The molecule has 0 radical (unpaired) electrons. The number of aromatic nitrogens is 6. The van der Waals surface area contributed by atoms with Crippen molar-refractivity contribution in [1.82, 2.24) is 30.6 Å². The second kappa shape index (κ2) is 5.63. The van der Waals surface area contributed by atoms with Gasteiger partial charge < -0.3 is 5.32 Å². The van der Waals surface area contributed by atoms with Crippen LogP contribution in [0.3, 0.4) is 0 Å². The lowest BCUT2D eigenvalue weighted by atomic mass is 10.2. The van der Waals surface area contributed by atoms with Gasteiger partial charge in [-0.15, -0.1) is 10.2 Å². The number of amides is 1. The van der Waals surface area contributed by atoms with E-state index in [1.54, 1.807) is 24.3 Å². The third-order valence-corrected chi connectivity index (χ3v) is 2.74. The van der Waals surface area contributed by atoms with Crippen molar-refractivity contribution in [2.45, 2.75) is 0 Å². The van der Waals surface area contributed by atoms with Gasteiger partial charge in [-0.3, -0.25) is 9.78 Å². The number of carbonyl (C=O) groups excluding carboxylic acids is 1. The summed E-state index contributed by atoms with van der Waals surface area (Å²) in [5, 5.41) is 16.5. The molecule has 0 saturated carbocycles. The molecule has 0 aliphatic carbocycles. The molecule has 0 saturated heterocycles. The summed E-state index contributed by atoms with van der Waals surface area (Å²) in [5.41, 5.74) is 1.43. The number of carbonyl (C=O) groups is 1. The number of nitrogens with zero attached hydrogens (tertiary/aromatic N) is 5. The van der Waals surface area contributed by atoms with Crippen molar-refractivity contribution in [3.63, 3.8) is 0 Å². The van der Waals surface area contributed by atoms with Crippen molar-refractivity contribution in [3.8, 4) is 11.4 Å². The quantitative estimate of drug-likeness (QED) is 0.760. The Morgan fingerprint density at radius 3 is 2.95 bits per heavy atom. The Bertz CT molecular complexity index is 775. The Balaban J connectivity index is 1.82. The van der Waals surface area contributed by atoms with E-state index >= 15 is 0 Å². The summed E-state index contributed by atoms with van der Waals surface area (Å²) >= 11 is 5.70. The number of anilines is 1. The third kappa shape index (κ3) is 3.00. The lowest BCUT2D eigenvalue weighted by Crippen LogP contribution is -2.14. The van der Waals surface area contributed by atoms with E-state index in [0.29, 0.717) is 11.5 Å². The molecule has 2 N–H and O–H groups in total. The lowest BCUT2D eigenvalue weighted by molar-refractivity contribution is 0.102. The van der Waals surface area contributed by atoms with Gasteiger partial charge in [0.05, 0.1) is 12.4 Å². The van der Waals surface area contributed by atoms with Gasteiger partial charge in [-0.2, -0.15) is 5.21 Å². The zero-order valence-corrected chi connectivity index (χ0v) is 11.2. The molecule has 8 nitrogen and oxygen atoms in total. The molecule has 0 aliphatic heterocycles. The average molecular weight is 302 g/mol. The maximum absolute atomic E-state index is 12.0. The summed E-state index contributed by atoms with van der Waals surface area (Å²) in [6.07, 6.45) is 2.69. The SMILES string of the molecule is O=C(Nc1cccc(-c2nn[nH]n2)c1)c1cncc(Cl)n1. The van der Waals surface area contributed by atoms with Gasteiger partial charge in [0.15, 0.2) is 0 Å². The minimum atomic E-state index is -0.407. The fraction of sp³-hybridized carbons (Fsp3) is 0. The number of nitrogens with one attached hydrogen (secondary N) is 2. The number of aromatic amines is 1. The van der Waals surface area contributed by atoms with Crippen LogP contribution in [0.1, 0.15) is 10.5 Å². The highest BCUT2D eigenvalue weighted by atomic mass is 35.5. The van der Waals surface area contributed by atoms with Crippen LogP contribution in [0.15, 0.2) is 36.7 Å². The molecule has 2 aromatic heterocycles. The van der Waals surface area contributed by atoms with Gasteiger partial charge in [0.25, 0.3) is 5.91 Å². The van der Waals surface area contributed by atoms with Crippen LogP contribution >= 0.6 is 11.6 Å². The molecule has 21 heavy (non-hydrogen) atoms. The first-order chi connectivity index (χ1) is 10.2. The summed E-state index contributed by atoms with van der Waals surface area (Å²) < 4.78 is 0. The number of benzene rings is 1. The van der Waals surface area contributed by atoms with E-state index < -0.39 is 5.91 Å². The zero-order valence-electron chi connectivity index (χ0n) is 10.5. The highest BCUT2D eigenvalue weighted by Gasteiger charge is 2.10. The molecule has 0 bridgehead atoms. The maximum atomic E-state index is 12.0. The van der Waals surface area contributed by atoms with Gasteiger partial charge in [0, 0.05) is 11.3 Å². The zero-order chi connectivity index (χ0) is 14.7. The van der Waals surface area contributed by atoms with Crippen LogP contribution in [0.4, 0.5) is 5.69 Å².